The summed E-state index contributed by atoms with van der Waals surface area (Å²) < 4.78 is 0. The van der Waals surface area contributed by atoms with Crippen LogP contribution in [0.15, 0.2) is 182 Å². The predicted molar refractivity (Wildman–Crippen MR) is 238 cm³/mol. The lowest BCUT2D eigenvalue weighted by molar-refractivity contribution is 1.55. The Labute approximate surface area is 317 Å². The van der Waals surface area contributed by atoms with Gasteiger partial charge < -0.3 is 0 Å². The Hall–Kier alpha value is -7.02. The monoisotopic (exact) mass is 686 g/mol. The smallest absolute Gasteiger partial charge is 0.0111 e. The minimum atomic E-state index is 1.15. The Kier molecular flexibility index (Phi) is 9.07. The number of hydrogen-bond acceptors (Lipinski definition) is 0. The molecular formula is C54H38. The highest BCUT2D eigenvalue weighted by atomic mass is 14.1. The maximum atomic E-state index is 2.34. The van der Waals surface area contributed by atoms with Gasteiger partial charge in [-0.25, -0.2) is 0 Å². The summed E-state index contributed by atoms with van der Waals surface area (Å²) in [6.07, 6.45) is 18.1. The minimum absolute atomic E-state index is 1.15. The van der Waals surface area contributed by atoms with Crippen LogP contribution in [0, 0.1) is 0 Å². The maximum absolute atomic E-state index is 2.34. The first kappa shape index (κ1) is 32.9. The summed E-state index contributed by atoms with van der Waals surface area (Å²) in [5, 5.41) is 9.94. The van der Waals surface area contributed by atoms with Crippen LogP contribution in [-0.4, -0.2) is 0 Å². The molecule has 54 heavy (non-hydrogen) atoms. The van der Waals surface area contributed by atoms with Gasteiger partial charge in [-0.1, -0.05) is 218 Å². The molecule has 0 nitrogen and oxygen atoms in total. The zero-order valence-corrected chi connectivity index (χ0v) is 29.9. The van der Waals surface area contributed by atoms with Gasteiger partial charge in [0.05, 0.1) is 0 Å². The molecule has 0 saturated carbocycles. The van der Waals surface area contributed by atoms with Crippen molar-refractivity contribution in [2.75, 3.05) is 0 Å². The van der Waals surface area contributed by atoms with E-state index in [1.54, 1.807) is 0 Å². The molecular weight excluding hydrogens is 649 g/mol. The maximum Gasteiger partial charge on any atom is -0.0111 e. The van der Waals surface area contributed by atoms with Crippen molar-refractivity contribution in [2.24, 2.45) is 0 Å². The van der Waals surface area contributed by atoms with E-state index in [9.17, 15) is 0 Å². The number of hydrogen-bond donors (Lipinski definition) is 0. The van der Waals surface area contributed by atoms with Crippen molar-refractivity contribution in [1.82, 2.24) is 0 Å². The van der Waals surface area contributed by atoms with Gasteiger partial charge in [-0.15, -0.1) is 0 Å². The first-order valence-electron chi connectivity index (χ1n) is 18.6. The van der Waals surface area contributed by atoms with Crippen LogP contribution in [0.4, 0.5) is 0 Å². The summed E-state index contributed by atoms with van der Waals surface area (Å²) in [5.41, 5.74) is 9.40. The van der Waals surface area contributed by atoms with E-state index in [1.165, 1.54) is 65.3 Å². The van der Waals surface area contributed by atoms with Crippen molar-refractivity contribution in [3.63, 3.8) is 0 Å². The Morgan fingerprint density at radius 2 is 0.389 bits per heavy atom. The second-order valence-electron chi connectivity index (χ2n) is 13.7. The molecule has 0 N–H and O–H groups in total. The molecule has 0 radical (unpaired) electrons. The fourth-order valence-electron chi connectivity index (χ4n) is 7.55. The Bertz CT molecular complexity index is 2510. The van der Waals surface area contributed by atoms with Gasteiger partial charge in [-0.05, 0) is 99.7 Å². The summed E-state index contributed by atoms with van der Waals surface area (Å²) in [7, 11) is 0. The van der Waals surface area contributed by atoms with Crippen LogP contribution in [-0.2, 0) is 0 Å². The molecule has 0 aliphatic heterocycles. The van der Waals surface area contributed by atoms with Crippen LogP contribution in [0.1, 0.15) is 44.5 Å². The quantitative estimate of drug-likeness (QED) is 0.140. The third kappa shape index (κ3) is 6.82. The molecule has 9 rings (SSSR count). The topological polar surface area (TPSA) is 0 Å². The van der Waals surface area contributed by atoms with Crippen LogP contribution >= 0.6 is 0 Å². The van der Waals surface area contributed by atoms with E-state index < -0.39 is 0 Å². The molecule has 0 heterocycles. The molecule has 0 aliphatic rings. The van der Waals surface area contributed by atoms with Crippen molar-refractivity contribution >= 4 is 91.7 Å². The van der Waals surface area contributed by atoms with Gasteiger partial charge in [0.2, 0.25) is 0 Å². The van der Waals surface area contributed by atoms with Crippen LogP contribution in [0.2, 0.25) is 0 Å². The van der Waals surface area contributed by atoms with Gasteiger partial charge >= 0.3 is 0 Å². The molecule has 254 valence electrons. The summed E-state index contributed by atoms with van der Waals surface area (Å²) >= 11 is 0. The molecule has 9 aromatic rings. The van der Waals surface area contributed by atoms with Crippen LogP contribution < -0.4 is 0 Å². The molecule has 0 amide bonds. The third-order valence-electron chi connectivity index (χ3n) is 10.4. The van der Waals surface area contributed by atoms with E-state index in [-0.39, 0.29) is 0 Å². The lowest BCUT2D eigenvalue weighted by atomic mass is 9.94. The van der Waals surface area contributed by atoms with Gasteiger partial charge in [-0.2, -0.15) is 0 Å². The van der Waals surface area contributed by atoms with E-state index in [1.807, 2.05) is 0 Å². The summed E-state index contributed by atoms with van der Waals surface area (Å²) in [5.74, 6) is 0. The van der Waals surface area contributed by atoms with E-state index in [4.69, 9.17) is 0 Å². The molecule has 0 aromatic heterocycles. The van der Waals surface area contributed by atoms with Gasteiger partial charge in [0.15, 0.2) is 0 Å². The van der Waals surface area contributed by atoms with Crippen LogP contribution in [0.5, 0.6) is 0 Å². The van der Waals surface area contributed by atoms with E-state index in [2.05, 4.69) is 231 Å². The third-order valence-corrected chi connectivity index (χ3v) is 10.4. The molecule has 0 unspecified atom stereocenters. The van der Waals surface area contributed by atoms with Gasteiger partial charge in [-0.3, -0.25) is 0 Å². The fraction of sp³-hybridized carbons (Fsp3) is 0. The lowest BCUT2D eigenvalue weighted by Crippen LogP contribution is -1.90. The van der Waals surface area contributed by atoms with Crippen molar-refractivity contribution in [3.05, 3.63) is 226 Å². The van der Waals surface area contributed by atoms with Crippen molar-refractivity contribution in [1.29, 1.82) is 0 Å². The molecule has 0 aliphatic carbocycles. The highest BCUT2D eigenvalue weighted by molar-refractivity contribution is 5.98. The number of fused-ring (bicyclic) bond motifs is 4. The highest BCUT2D eigenvalue weighted by Crippen LogP contribution is 2.30. The predicted octanol–water partition coefficient (Wildman–Crippen LogP) is 15.0. The highest BCUT2D eigenvalue weighted by Gasteiger charge is 2.08. The van der Waals surface area contributed by atoms with Gasteiger partial charge in [0.1, 0.15) is 0 Å². The van der Waals surface area contributed by atoms with Gasteiger partial charge in [0, 0.05) is 0 Å². The minimum Gasteiger partial charge on any atom is -0.0616 e. The van der Waals surface area contributed by atoms with E-state index >= 15 is 0 Å². The average molecular weight is 687 g/mol. The second kappa shape index (κ2) is 14.9. The summed E-state index contributed by atoms with van der Waals surface area (Å²) in [4.78, 5) is 0. The molecule has 0 fully saturated rings. The van der Waals surface area contributed by atoms with Crippen molar-refractivity contribution in [2.45, 2.75) is 0 Å². The zero-order chi connectivity index (χ0) is 36.1. The van der Waals surface area contributed by atoms with Crippen LogP contribution in [0.3, 0.4) is 0 Å². The Morgan fingerprint density at radius 3 is 0.648 bits per heavy atom. The molecule has 0 heteroatoms. The molecule has 9 aromatic carbocycles. The molecule has 0 saturated heterocycles. The molecule has 0 atom stereocenters. The average Bonchev–Trinajstić information content (AvgIpc) is 3.23. The lowest BCUT2D eigenvalue weighted by Gasteiger charge is -2.11. The standard InChI is InChI=1S/C54H38/c1-5-25-51-39(13-1)17-9-21-43(51)29-33-47-37-49(35-31-45-23-11-19-41-15-3-7-27-53(41)45)50(36-32-46-24-12-20-42-16-4-8-28-54(42)46)38-48(47)34-30-44-22-10-18-40-14-2-6-26-52(40)44/h1-38H. The SMILES string of the molecule is C(=Cc1cccc2ccccc12)c1cc(C=Cc2cccc3ccccc23)c(C=Cc2cccc3ccccc23)cc1C=Cc1cccc2ccccc12. The Morgan fingerprint density at radius 1 is 0.185 bits per heavy atom. The normalized spacial score (nSPS) is 12.1. The van der Waals surface area contributed by atoms with E-state index in [0.717, 1.165) is 22.3 Å². The molecule has 0 spiro atoms. The van der Waals surface area contributed by atoms with E-state index in [0.29, 0.717) is 0 Å². The Balaban J connectivity index is 1.22. The van der Waals surface area contributed by atoms with Crippen LogP contribution in [0.25, 0.3) is 91.7 Å². The summed E-state index contributed by atoms with van der Waals surface area (Å²) in [6, 6.07) is 65.2. The van der Waals surface area contributed by atoms with Crippen molar-refractivity contribution < 1.29 is 0 Å². The first-order valence-corrected chi connectivity index (χ1v) is 18.6. The van der Waals surface area contributed by atoms with Crippen molar-refractivity contribution in [3.8, 4) is 0 Å². The molecule has 0 bridgehead atoms. The van der Waals surface area contributed by atoms with Gasteiger partial charge in [0.25, 0.3) is 0 Å². The second-order valence-corrected chi connectivity index (χ2v) is 13.7. The zero-order valence-electron chi connectivity index (χ0n) is 29.9. The fourth-order valence-corrected chi connectivity index (χ4v) is 7.55. The first-order chi connectivity index (χ1) is 26.8. The number of rotatable bonds is 8. The number of benzene rings is 9. The summed E-state index contributed by atoms with van der Waals surface area (Å²) in [6.45, 7) is 0. The largest absolute Gasteiger partial charge is 0.0616 e.